The van der Waals surface area contributed by atoms with Gasteiger partial charge in [-0.1, -0.05) is 12.1 Å². The van der Waals surface area contributed by atoms with Gasteiger partial charge in [-0.3, -0.25) is 10.1 Å². The molecule has 7 heteroatoms. The molecule has 6 nitrogen and oxygen atoms in total. The van der Waals surface area contributed by atoms with E-state index in [-0.39, 0.29) is 17.5 Å². The molecule has 1 aromatic heterocycles. The zero-order valence-electron chi connectivity index (χ0n) is 11.8. The number of rotatable bonds is 3. The van der Waals surface area contributed by atoms with Crippen molar-refractivity contribution in [1.82, 2.24) is 9.97 Å². The summed E-state index contributed by atoms with van der Waals surface area (Å²) in [6.45, 7) is 0. The number of nitrogen functional groups attached to an aromatic ring is 1. The van der Waals surface area contributed by atoms with Crippen molar-refractivity contribution >= 4 is 11.6 Å². The van der Waals surface area contributed by atoms with Gasteiger partial charge in [0.15, 0.2) is 0 Å². The highest BCUT2D eigenvalue weighted by atomic mass is 19.1. The average Bonchev–Trinajstić information content (AvgIpc) is 2.55. The van der Waals surface area contributed by atoms with Crippen molar-refractivity contribution in [3.05, 3.63) is 70.5 Å². The molecule has 0 atom stereocenters. The van der Waals surface area contributed by atoms with E-state index in [1.54, 1.807) is 30.3 Å². The van der Waals surface area contributed by atoms with Gasteiger partial charge in [0.25, 0.3) is 5.69 Å². The molecular weight excluding hydrogens is 299 g/mol. The molecule has 0 unspecified atom stereocenters. The monoisotopic (exact) mass is 310 g/mol. The standard InChI is InChI=1S/C16H11FN4O2/c17-12-6-4-10(5-7-12)14-9-15(20-16(18)19-14)11-2-1-3-13(8-11)21(22)23/h1-9H,(H2,18,19,20). The van der Waals surface area contributed by atoms with Gasteiger partial charge >= 0.3 is 0 Å². The molecule has 2 N–H and O–H groups in total. The second-order valence-electron chi connectivity index (χ2n) is 4.81. The number of hydrogen-bond acceptors (Lipinski definition) is 5. The predicted molar refractivity (Wildman–Crippen MR) is 83.9 cm³/mol. The van der Waals surface area contributed by atoms with Crippen molar-refractivity contribution in [2.24, 2.45) is 0 Å². The smallest absolute Gasteiger partial charge is 0.270 e. The zero-order valence-corrected chi connectivity index (χ0v) is 11.8. The van der Waals surface area contributed by atoms with E-state index in [9.17, 15) is 14.5 Å². The second-order valence-corrected chi connectivity index (χ2v) is 4.81. The van der Waals surface area contributed by atoms with E-state index in [4.69, 9.17) is 5.73 Å². The van der Waals surface area contributed by atoms with Gasteiger partial charge in [-0.15, -0.1) is 0 Å². The van der Waals surface area contributed by atoms with Gasteiger partial charge < -0.3 is 5.73 Å². The van der Waals surface area contributed by atoms with E-state index in [1.807, 2.05) is 0 Å². The fourth-order valence-corrected chi connectivity index (χ4v) is 2.16. The summed E-state index contributed by atoms with van der Waals surface area (Å²) in [7, 11) is 0. The SMILES string of the molecule is Nc1nc(-c2ccc(F)cc2)cc(-c2cccc([N+](=O)[O-])c2)n1. The van der Waals surface area contributed by atoms with Crippen LogP contribution in [0.25, 0.3) is 22.5 Å². The second kappa shape index (κ2) is 5.80. The maximum atomic E-state index is 13.0. The third kappa shape index (κ3) is 3.13. The summed E-state index contributed by atoms with van der Waals surface area (Å²) in [5, 5.41) is 10.9. The quantitative estimate of drug-likeness (QED) is 0.590. The Bertz CT molecular complexity index is 882. The summed E-state index contributed by atoms with van der Waals surface area (Å²) < 4.78 is 13.0. The van der Waals surface area contributed by atoms with Crippen molar-refractivity contribution in [2.45, 2.75) is 0 Å². The number of aromatic nitrogens is 2. The van der Waals surface area contributed by atoms with Gasteiger partial charge in [-0.05, 0) is 30.3 Å². The van der Waals surface area contributed by atoms with Crippen LogP contribution in [0.3, 0.4) is 0 Å². The van der Waals surface area contributed by atoms with Crippen molar-refractivity contribution in [1.29, 1.82) is 0 Å². The molecule has 0 bridgehead atoms. The number of benzene rings is 2. The number of nitro groups is 1. The van der Waals surface area contributed by atoms with Crippen LogP contribution in [-0.2, 0) is 0 Å². The minimum absolute atomic E-state index is 0.0355. The normalized spacial score (nSPS) is 10.5. The Kier molecular flexibility index (Phi) is 3.68. The fourth-order valence-electron chi connectivity index (χ4n) is 2.16. The Morgan fingerprint density at radius 1 is 0.957 bits per heavy atom. The minimum Gasteiger partial charge on any atom is -0.368 e. The molecule has 1 heterocycles. The van der Waals surface area contributed by atoms with Crippen LogP contribution in [0.1, 0.15) is 0 Å². The van der Waals surface area contributed by atoms with Crippen molar-refractivity contribution < 1.29 is 9.31 Å². The number of halogens is 1. The van der Waals surface area contributed by atoms with E-state index >= 15 is 0 Å². The van der Waals surface area contributed by atoms with E-state index in [0.717, 1.165) is 0 Å². The molecule has 0 amide bonds. The summed E-state index contributed by atoms with van der Waals surface area (Å²) in [6.07, 6.45) is 0. The van der Waals surface area contributed by atoms with Crippen molar-refractivity contribution in [3.8, 4) is 22.5 Å². The predicted octanol–water partition coefficient (Wildman–Crippen LogP) is 3.44. The first-order chi connectivity index (χ1) is 11.0. The van der Waals surface area contributed by atoms with E-state index < -0.39 is 4.92 Å². The van der Waals surface area contributed by atoms with E-state index in [2.05, 4.69) is 9.97 Å². The molecule has 0 spiro atoms. The lowest BCUT2D eigenvalue weighted by molar-refractivity contribution is -0.384. The molecule has 3 rings (SSSR count). The number of nitro benzene ring substituents is 1. The van der Waals surface area contributed by atoms with Crippen LogP contribution in [0.15, 0.2) is 54.6 Å². The summed E-state index contributed by atoms with van der Waals surface area (Å²) in [5.41, 5.74) is 7.89. The zero-order chi connectivity index (χ0) is 16.4. The molecule has 0 fully saturated rings. The van der Waals surface area contributed by atoms with Gasteiger partial charge in [0, 0.05) is 23.3 Å². The first kappa shape index (κ1) is 14.6. The van der Waals surface area contributed by atoms with Crippen LogP contribution >= 0.6 is 0 Å². The molecule has 0 radical (unpaired) electrons. The molecular formula is C16H11FN4O2. The summed E-state index contributed by atoms with van der Waals surface area (Å²) >= 11 is 0. The first-order valence-corrected chi connectivity index (χ1v) is 6.68. The van der Waals surface area contributed by atoms with E-state index in [1.165, 1.54) is 24.3 Å². The average molecular weight is 310 g/mol. The molecule has 3 aromatic rings. The highest BCUT2D eigenvalue weighted by Gasteiger charge is 2.11. The lowest BCUT2D eigenvalue weighted by Crippen LogP contribution is -1.99. The van der Waals surface area contributed by atoms with Crippen LogP contribution in [0, 0.1) is 15.9 Å². The Balaban J connectivity index is 2.09. The molecule has 0 aliphatic carbocycles. The van der Waals surface area contributed by atoms with Gasteiger partial charge in [0.1, 0.15) is 5.82 Å². The van der Waals surface area contributed by atoms with Crippen LogP contribution < -0.4 is 5.73 Å². The number of anilines is 1. The van der Waals surface area contributed by atoms with Crippen molar-refractivity contribution in [2.75, 3.05) is 5.73 Å². The van der Waals surface area contributed by atoms with Gasteiger partial charge in [0.2, 0.25) is 5.95 Å². The Morgan fingerprint density at radius 2 is 1.61 bits per heavy atom. The number of hydrogen-bond donors (Lipinski definition) is 1. The highest BCUT2D eigenvalue weighted by Crippen LogP contribution is 2.26. The van der Waals surface area contributed by atoms with Crippen LogP contribution in [0.5, 0.6) is 0 Å². The highest BCUT2D eigenvalue weighted by molar-refractivity contribution is 5.70. The summed E-state index contributed by atoms with van der Waals surface area (Å²) in [6, 6.07) is 13.5. The van der Waals surface area contributed by atoms with Crippen LogP contribution in [0.2, 0.25) is 0 Å². The minimum atomic E-state index is -0.477. The third-order valence-electron chi connectivity index (χ3n) is 3.24. The molecule has 114 valence electrons. The summed E-state index contributed by atoms with van der Waals surface area (Å²) in [5.74, 6) is -0.317. The number of nitrogens with two attached hydrogens (primary N) is 1. The van der Waals surface area contributed by atoms with Gasteiger partial charge in [0.05, 0.1) is 16.3 Å². The first-order valence-electron chi connectivity index (χ1n) is 6.68. The largest absolute Gasteiger partial charge is 0.368 e. The molecule has 0 aliphatic heterocycles. The molecule has 2 aromatic carbocycles. The third-order valence-corrected chi connectivity index (χ3v) is 3.24. The fraction of sp³-hybridized carbons (Fsp3) is 0. The Hall–Kier alpha value is -3.35. The molecule has 0 saturated heterocycles. The molecule has 23 heavy (non-hydrogen) atoms. The lowest BCUT2D eigenvalue weighted by Gasteiger charge is -2.06. The van der Waals surface area contributed by atoms with Crippen molar-refractivity contribution in [3.63, 3.8) is 0 Å². The Morgan fingerprint density at radius 3 is 2.26 bits per heavy atom. The molecule has 0 saturated carbocycles. The number of nitrogens with zero attached hydrogens (tertiary/aromatic N) is 3. The maximum absolute atomic E-state index is 13.0. The Labute approximate surface area is 130 Å². The lowest BCUT2D eigenvalue weighted by atomic mass is 10.1. The van der Waals surface area contributed by atoms with Gasteiger partial charge in [-0.25, -0.2) is 14.4 Å². The van der Waals surface area contributed by atoms with E-state index in [0.29, 0.717) is 22.5 Å². The van der Waals surface area contributed by atoms with Gasteiger partial charge in [-0.2, -0.15) is 0 Å². The van der Waals surface area contributed by atoms with Crippen LogP contribution in [-0.4, -0.2) is 14.9 Å². The topological polar surface area (TPSA) is 94.9 Å². The van der Waals surface area contributed by atoms with Crippen LogP contribution in [0.4, 0.5) is 16.0 Å². The maximum Gasteiger partial charge on any atom is 0.270 e. The summed E-state index contributed by atoms with van der Waals surface area (Å²) in [4.78, 5) is 18.7. The number of non-ortho nitro benzene ring substituents is 1. The molecule has 0 aliphatic rings.